The number of anilines is 2. The molecule has 2 saturated heterocycles. The molecule has 48 heavy (non-hydrogen) atoms. The molecule has 6 atom stereocenters. The molecule has 4 amide bonds. The molecule has 2 heterocycles. The highest BCUT2D eigenvalue weighted by atomic mass is 35.5. The number of ether oxygens (including phenoxy) is 2. The van der Waals surface area contributed by atoms with Gasteiger partial charge in [-0.2, -0.15) is 0 Å². The summed E-state index contributed by atoms with van der Waals surface area (Å²) in [5.41, 5.74) is 2.15. The van der Waals surface area contributed by atoms with Crippen LogP contribution in [0.25, 0.3) is 6.08 Å². The van der Waals surface area contributed by atoms with Crippen molar-refractivity contribution in [2.45, 2.75) is 28.5 Å². The van der Waals surface area contributed by atoms with Gasteiger partial charge < -0.3 is 14.6 Å². The molecule has 0 radical (unpaired) electrons. The molecule has 1 saturated carbocycles. The van der Waals surface area contributed by atoms with Crippen LogP contribution in [-0.4, -0.2) is 52.7 Å². The fourth-order valence-corrected chi connectivity index (χ4v) is 8.80. The number of carbonyl (C=O) groups is 4. The van der Waals surface area contributed by atoms with Crippen molar-refractivity contribution in [3.05, 3.63) is 95.8 Å². The number of phenols is 1. The molecule has 12 heteroatoms. The van der Waals surface area contributed by atoms with Gasteiger partial charge in [0.05, 0.1) is 37.4 Å². The van der Waals surface area contributed by atoms with Crippen molar-refractivity contribution in [2.24, 2.45) is 17.8 Å². The van der Waals surface area contributed by atoms with E-state index >= 15 is 0 Å². The van der Waals surface area contributed by atoms with Crippen LogP contribution in [0.5, 0.6) is 17.2 Å². The van der Waals surface area contributed by atoms with Crippen LogP contribution in [0.1, 0.15) is 29.9 Å². The van der Waals surface area contributed by atoms with E-state index in [0.29, 0.717) is 16.8 Å². The minimum absolute atomic E-state index is 0.00892. The van der Waals surface area contributed by atoms with Crippen LogP contribution in [0.2, 0.25) is 0 Å². The number of nitrogens with zero attached hydrogens (tertiary/aromatic N) is 2. The van der Waals surface area contributed by atoms with Gasteiger partial charge in [-0.3, -0.25) is 24.1 Å². The lowest BCUT2D eigenvalue weighted by molar-refractivity contribution is -0.125. The number of hydrogen-bond donors (Lipinski definition) is 1. The summed E-state index contributed by atoms with van der Waals surface area (Å²) in [7, 11) is 2.68. The first kappa shape index (κ1) is 31.9. The van der Waals surface area contributed by atoms with Crippen LogP contribution in [0, 0.1) is 23.6 Å². The van der Waals surface area contributed by atoms with E-state index in [9.17, 15) is 28.7 Å². The first-order valence-electron chi connectivity index (χ1n) is 15.2. The van der Waals surface area contributed by atoms with Crippen LogP contribution in [-0.2, 0) is 19.2 Å². The Balaban J connectivity index is 1.41. The monoisotopic (exact) mass is 690 g/mol. The minimum atomic E-state index is -2.16. The standard InChI is InChI=1S/C36H29Cl2FN2O7/c1-4-18-5-9-21(10-6-18)40-31(43)24-14-13-23-25(28(24)32(40)44)17-35(37)33(45)41(22-11-7-20(39)8-12-22)34(46)36(35,38)29(23)19-15-26(47-2)30(42)27(16-19)48-3/h4-13,15-16,24-25,28-29,42H,1,14,17H2,2-3H3/t24-,25+,28-,29-,35+,36-/m0/s1. The maximum Gasteiger partial charge on any atom is 0.258 e. The molecule has 0 unspecified atom stereocenters. The summed E-state index contributed by atoms with van der Waals surface area (Å²) in [5, 5.41) is 10.7. The summed E-state index contributed by atoms with van der Waals surface area (Å²) in [6.07, 6.45) is 3.38. The first-order valence-corrected chi connectivity index (χ1v) is 15.9. The van der Waals surface area contributed by atoms with E-state index in [2.05, 4.69) is 6.58 Å². The van der Waals surface area contributed by atoms with Crippen molar-refractivity contribution in [3.63, 3.8) is 0 Å². The summed E-state index contributed by atoms with van der Waals surface area (Å²) in [6.45, 7) is 3.75. The summed E-state index contributed by atoms with van der Waals surface area (Å²) in [6, 6.07) is 14.6. The normalized spacial score (nSPS) is 29.3. The van der Waals surface area contributed by atoms with Crippen LogP contribution >= 0.6 is 23.2 Å². The number of hydrogen-bond acceptors (Lipinski definition) is 7. The number of amides is 4. The lowest BCUT2D eigenvalue weighted by Crippen LogP contribution is -2.60. The molecular formula is C36H29Cl2FN2O7. The Labute approximate surface area is 285 Å². The number of carbonyl (C=O) groups excluding carboxylic acids is 4. The fraction of sp³-hybridized carbons (Fsp3) is 0.278. The van der Waals surface area contributed by atoms with Gasteiger partial charge in [-0.05, 0) is 78.4 Å². The first-order chi connectivity index (χ1) is 22.9. The molecule has 1 N–H and O–H groups in total. The Bertz CT molecular complexity index is 1920. The Morgan fingerprint density at radius 3 is 2.04 bits per heavy atom. The number of alkyl halides is 2. The van der Waals surface area contributed by atoms with E-state index in [-0.39, 0.29) is 41.7 Å². The molecule has 3 aromatic rings. The largest absolute Gasteiger partial charge is 0.502 e. The van der Waals surface area contributed by atoms with E-state index < -0.39 is 57.0 Å². The second-order valence-electron chi connectivity index (χ2n) is 12.3. The molecule has 246 valence electrons. The summed E-state index contributed by atoms with van der Waals surface area (Å²) < 4.78 is 24.7. The summed E-state index contributed by atoms with van der Waals surface area (Å²) in [5.74, 6) is -6.99. The molecule has 4 aliphatic rings. The SMILES string of the molecule is C=Cc1ccc(N2C(=O)[C@H]3[C@H](CC=C4[C@H]3C[C@@]3(Cl)C(=O)N(c5ccc(F)cc5)C(=O)[C@@]3(Cl)[C@H]4c3cc(OC)c(O)c(OC)c3)C2=O)cc1. The minimum Gasteiger partial charge on any atom is -0.502 e. The van der Waals surface area contributed by atoms with Gasteiger partial charge in [0.1, 0.15) is 5.82 Å². The number of benzene rings is 3. The molecule has 0 bridgehead atoms. The zero-order valence-electron chi connectivity index (χ0n) is 25.8. The van der Waals surface area contributed by atoms with Crippen molar-refractivity contribution in [1.82, 2.24) is 0 Å². The Morgan fingerprint density at radius 1 is 0.875 bits per heavy atom. The average Bonchev–Trinajstić information content (AvgIpc) is 3.43. The van der Waals surface area contributed by atoms with Crippen LogP contribution in [0.4, 0.5) is 15.8 Å². The number of methoxy groups -OCH3 is 2. The molecule has 3 aromatic carbocycles. The number of halogens is 3. The third kappa shape index (κ3) is 4.21. The maximum atomic E-state index is 14.5. The van der Waals surface area contributed by atoms with Gasteiger partial charge in [-0.1, -0.05) is 36.4 Å². The third-order valence-electron chi connectivity index (χ3n) is 10.1. The van der Waals surface area contributed by atoms with Gasteiger partial charge in [-0.25, -0.2) is 9.29 Å². The number of aromatic hydroxyl groups is 1. The topological polar surface area (TPSA) is 113 Å². The lowest BCUT2D eigenvalue weighted by atomic mass is 9.56. The lowest BCUT2D eigenvalue weighted by Gasteiger charge is -2.50. The van der Waals surface area contributed by atoms with Gasteiger partial charge in [0.15, 0.2) is 21.2 Å². The van der Waals surface area contributed by atoms with Crippen molar-refractivity contribution < 1.29 is 38.1 Å². The summed E-state index contributed by atoms with van der Waals surface area (Å²) >= 11 is 14.8. The quantitative estimate of drug-likeness (QED) is 0.193. The molecule has 9 nitrogen and oxygen atoms in total. The average molecular weight is 692 g/mol. The number of fused-ring (bicyclic) bond motifs is 4. The molecule has 2 aliphatic heterocycles. The fourth-order valence-electron chi connectivity index (χ4n) is 7.87. The van der Waals surface area contributed by atoms with E-state index in [4.69, 9.17) is 32.7 Å². The van der Waals surface area contributed by atoms with Crippen molar-refractivity contribution in [1.29, 1.82) is 0 Å². The van der Waals surface area contributed by atoms with Gasteiger partial charge in [0.2, 0.25) is 17.6 Å². The van der Waals surface area contributed by atoms with Crippen LogP contribution < -0.4 is 19.3 Å². The molecule has 3 fully saturated rings. The zero-order chi connectivity index (χ0) is 34.3. The van der Waals surface area contributed by atoms with Gasteiger partial charge in [-0.15, -0.1) is 23.2 Å². The van der Waals surface area contributed by atoms with Gasteiger partial charge in [0.25, 0.3) is 11.8 Å². The summed E-state index contributed by atoms with van der Waals surface area (Å²) in [4.78, 5) is 54.9. The van der Waals surface area contributed by atoms with Crippen LogP contribution in [0.3, 0.4) is 0 Å². The number of phenolic OH excluding ortho intramolecular Hbond substituents is 1. The third-order valence-corrected chi connectivity index (χ3v) is 11.5. The maximum absolute atomic E-state index is 14.5. The van der Waals surface area contributed by atoms with E-state index in [1.165, 1.54) is 38.5 Å². The number of imide groups is 2. The highest BCUT2D eigenvalue weighted by molar-refractivity contribution is 6.58. The van der Waals surface area contributed by atoms with Crippen molar-refractivity contribution in [2.75, 3.05) is 24.0 Å². The van der Waals surface area contributed by atoms with E-state index in [1.807, 2.05) is 0 Å². The Hall–Kier alpha value is -4.67. The van der Waals surface area contributed by atoms with E-state index in [1.54, 1.807) is 36.4 Å². The smallest absolute Gasteiger partial charge is 0.258 e. The predicted octanol–water partition coefficient (Wildman–Crippen LogP) is 5.96. The highest BCUT2D eigenvalue weighted by Crippen LogP contribution is 2.66. The van der Waals surface area contributed by atoms with Gasteiger partial charge >= 0.3 is 0 Å². The molecule has 0 spiro atoms. The Kier molecular flexibility index (Phi) is 7.45. The molecule has 7 rings (SSSR count). The van der Waals surface area contributed by atoms with E-state index in [0.717, 1.165) is 27.5 Å². The second kappa shape index (κ2) is 11.2. The number of allylic oxidation sites excluding steroid dienone is 2. The van der Waals surface area contributed by atoms with Gasteiger partial charge in [0, 0.05) is 5.92 Å². The zero-order valence-corrected chi connectivity index (χ0v) is 27.3. The van der Waals surface area contributed by atoms with Crippen LogP contribution in [0.15, 0.2) is 78.9 Å². The number of rotatable bonds is 6. The molecule has 2 aliphatic carbocycles. The second-order valence-corrected chi connectivity index (χ2v) is 13.6. The Morgan fingerprint density at radius 2 is 1.46 bits per heavy atom. The molecule has 0 aromatic heterocycles. The molecular weight excluding hydrogens is 662 g/mol. The van der Waals surface area contributed by atoms with Crippen molar-refractivity contribution >= 4 is 64.3 Å². The highest BCUT2D eigenvalue weighted by Gasteiger charge is 2.76. The van der Waals surface area contributed by atoms with Crippen molar-refractivity contribution in [3.8, 4) is 17.2 Å². The predicted molar refractivity (Wildman–Crippen MR) is 177 cm³/mol.